The third-order valence-electron chi connectivity index (χ3n) is 3.94. The van der Waals surface area contributed by atoms with Gasteiger partial charge < -0.3 is 32.5 Å². The quantitative estimate of drug-likeness (QED) is 0.153. The molecule has 13 heteroatoms. The van der Waals surface area contributed by atoms with E-state index in [1.165, 1.54) is 23.5 Å². The van der Waals surface area contributed by atoms with E-state index in [-0.39, 0.29) is 19.3 Å². The SMILES string of the molecule is CSCCC(N)C(=O)NC(CCC(N)=O)C(=O)NC(CCSC)C(=O)NCC(=O)O. The molecule has 11 nitrogen and oxygen atoms in total. The molecule has 3 unspecified atom stereocenters. The van der Waals surface area contributed by atoms with Crippen molar-refractivity contribution in [3.05, 3.63) is 0 Å². The second kappa shape index (κ2) is 15.8. The predicted molar refractivity (Wildman–Crippen MR) is 117 cm³/mol. The van der Waals surface area contributed by atoms with E-state index < -0.39 is 54.3 Å². The number of rotatable bonds is 16. The molecule has 0 radical (unpaired) electrons. The van der Waals surface area contributed by atoms with Gasteiger partial charge in [-0.3, -0.25) is 24.0 Å². The third-order valence-corrected chi connectivity index (χ3v) is 5.23. The van der Waals surface area contributed by atoms with Gasteiger partial charge in [-0.15, -0.1) is 0 Å². The Labute approximate surface area is 184 Å². The van der Waals surface area contributed by atoms with Crippen LogP contribution in [0.3, 0.4) is 0 Å². The van der Waals surface area contributed by atoms with Crippen LogP contribution in [-0.4, -0.2) is 83.4 Å². The Hall–Kier alpha value is -1.99. The fourth-order valence-electron chi connectivity index (χ4n) is 2.27. The summed E-state index contributed by atoms with van der Waals surface area (Å²) >= 11 is 2.97. The molecule has 30 heavy (non-hydrogen) atoms. The van der Waals surface area contributed by atoms with Crippen LogP contribution in [0, 0.1) is 0 Å². The standard InChI is InChI=1S/C17H31N5O6S2/c1-29-7-5-10(18)15(26)21-11(3-4-13(19)23)17(28)22-12(6-8-30-2)16(27)20-9-14(24)25/h10-12H,3-9,18H2,1-2H3,(H2,19,23)(H,20,27)(H,21,26)(H,22,28)(H,24,25). The van der Waals surface area contributed by atoms with Crippen molar-refractivity contribution in [1.82, 2.24) is 16.0 Å². The van der Waals surface area contributed by atoms with Crippen LogP contribution >= 0.6 is 23.5 Å². The molecule has 4 amide bonds. The Kier molecular flexibility index (Phi) is 14.7. The minimum absolute atomic E-state index is 0.0614. The van der Waals surface area contributed by atoms with Gasteiger partial charge in [0.2, 0.25) is 23.6 Å². The van der Waals surface area contributed by atoms with Gasteiger partial charge in [0.15, 0.2) is 0 Å². The number of carboxylic acid groups (broad SMARTS) is 1. The maximum Gasteiger partial charge on any atom is 0.322 e. The summed E-state index contributed by atoms with van der Waals surface area (Å²) in [6.07, 6.45) is 4.14. The summed E-state index contributed by atoms with van der Waals surface area (Å²) in [4.78, 5) is 59.1. The first-order valence-electron chi connectivity index (χ1n) is 9.24. The van der Waals surface area contributed by atoms with Gasteiger partial charge in [-0.25, -0.2) is 0 Å². The summed E-state index contributed by atoms with van der Waals surface area (Å²) < 4.78 is 0. The van der Waals surface area contributed by atoms with Crippen molar-refractivity contribution >= 4 is 53.1 Å². The topological polar surface area (TPSA) is 194 Å². The van der Waals surface area contributed by atoms with Gasteiger partial charge in [-0.2, -0.15) is 23.5 Å². The number of primary amides is 1. The largest absolute Gasteiger partial charge is 0.480 e. The van der Waals surface area contributed by atoms with Crippen LogP contribution in [-0.2, 0) is 24.0 Å². The van der Waals surface area contributed by atoms with Gasteiger partial charge in [0.25, 0.3) is 0 Å². The van der Waals surface area contributed by atoms with Gasteiger partial charge in [-0.1, -0.05) is 0 Å². The highest BCUT2D eigenvalue weighted by Crippen LogP contribution is 2.05. The van der Waals surface area contributed by atoms with Gasteiger partial charge in [0.05, 0.1) is 6.04 Å². The Morgan fingerprint density at radius 1 is 0.867 bits per heavy atom. The van der Waals surface area contributed by atoms with E-state index in [2.05, 4.69) is 16.0 Å². The number of nitrogens with one attached hydrogen (secondary N) is 3. The molecule has 0 saturated heterocycles. The van der Waals surface area contributed by atoms with Crippen LogP contribution in [0.25, 0.3) is 0 Å². The lowest BCUT2D eigenvalue weighted by molar-refractivity contribution is -0.138. The monoisotopic (exact) mass is 465 g/mol. The molecule has 0 saturated carbocycles. The first-order chi connectivity index (χ1) is 14.1. The zero-order valence-corrected chi connectivity index (χ0v) is 18.8. The number of hydrogen-bond acceptors (Lipinski definition) is 8. The molecule has 0 aliphatic heterocycles. The Bertz CT molecular complexity index is 607. The smallest absolute Gasteiger partial charge is 0.322 e. The summed E-state index contributed by atoms with van der Waals surface area (Å²) in [5, 5.41) is 16.0. The summed E-state index contributed by atoms with van der Waals surface area (Å²) in [5.74, 6) is -2.56. The molecule has 0 spiro atoms. The molecule has 0 bridgehead atoms. The normalized spacial score (nSPS) is 13.6. The molecule has 0 aromatic carbocycles. The summed E-state index contributed by atoms with van der Waals surface area (Å²) in [6.45, 7) is -0.587. The van der Waals surface area contributed by atoms with E-state index in [9.17, 15) is 24.0 Å². The third kappa shape index (κ3) is 12.5. The second-order valence-electron chi connectivity index (χ2n) is 6.41. The van der Waals surface area contributed by atoms with Crippen molar-refractivity contribution in [2.45, 2.75) is 43.8 Å². The zero-order valence-electron chi connectivity index (χ0n) is 17.1. The average molecular weight is 466 g/mol. The van der Waals surface area contributed by atoms with Gasteiger partial charge in [-0.05, 0) is 43.3 Å². The number of hydrogen-bond donors (Lipinski definition) is 6. The number of carbonyl (C=O) groups is 5. The van der Waals surface area contributed by atoms with Crippen LogP contribution in [0.5, 0.6) is 0 Å². The molecular weight excluding hydrogens is 434 g/mol. The fourth-order valence-corrected chi connectivity index (χ4v) is 3.23. The molecule has 0 rings (SSSR count). The highest BCUT2D eigenvalue weighted by molar-refractivity contribution is 7.98. The fraction of sp³-hybridized carbons (Fsp3) is 0.706. The minimum Gasteiger partial charge on any atom is -0.480 e. The maximum absolute atomic E-state index is 12.7. The number of amides is 4. The number of nitrogens with two attached hydrogens (primary N) is 2. The van der Waals surface area contributed by atoms with E-state index >= 15 is 0 Å². The summed E-state index contributed by atoms with van der Waals surface area (Å²) in [5.41, 5.74) is 11.0. The number of carboxylic acids is 1. The second-order valence-corrected chi connectivity index (χ2v) is 8.38. The Balaban J connectivity index is 5.20. The van der Waals surface area contributed by atoms with Crippen LogP contribution in [0.2, 0.25) is 0 Å². The molecule has 8 N–H and O–H groups in total. The number of carbonyl (C=O) groups excluding carboxylic acids is 4. The Morgan fingerprint density at radius 3 is 1.93 bits per heavy atom. The first-order valence-corrected chi connectivity index (χ1v) is 12.0. The van der Waals surface area contributed by atoms with Crippen LogP contribution in [0.15, 0.2) is 0 Å². The van der Waals surface area contributed by atoms with E-state index in [0.717, 1.165) is 0 Å². The molecule has 0 fully saturated rings. The van der Waals surface area contributed by atoms with Crippen molar-refractivity contribution < 1.29 is 29.1 Å². The zero-order chi connectivity index (χ0) is 23.1. The van der Waals surface area contributed by atoms with Gasteiger partial charge in [0, 0.05) is 6.42 Å². The highest BCUT2D eigenvalue weighted by atomic mass is 32.2. The van der Waals surface area contributed by atoms with Crippen molar-refractivity contribution in [3.63, 3.8) is 0 Å². The minimum atomic E-state index is -1.22. The van der Waals surface area contributed by atoms with Crippen LogP contribution in [0.1, 0.15) is 25.7 Å². The molecule has 0 heterocycles. The van der Waals surface area contributed by atoms with Crippen LogP contribution < -0.4 is 27.4 Å². The molecule has 0 aliphatic carbocycles. The van der Waals surface area contributed by atoms with E-state index in [4.69, 9.17) is 16.6 Å². The predicted octanol–water partition coefficient (Wildman–Crippen LogP) is -1.74. The van der Waals surface area contributed by atoms with Gasteiger partial charge >= 0.3 is 5.97 Å². The lowest BCUT2D eigenvalue weighted by atomic mass is 10.1. The number of aliphatic carboxylic acids is 1. The summed E-state index contributed by atoms with van der Waals surface area (Å²) in [7, 11) is 0. The maximum atomic E-state index is 12.7. The van der Waals surface area contributed by atoms with Gasteiger partial charge in [0.1, 0.15) is 18.6 Å². The molecular formula is C17H31N5O6S2. The lowest BCUT2D eigenvalue weighted by Gasteiger charge is -2.24. The summed E-state index contributed by atoms with van der Waals surface area (Å²) in [6, 6.07) is -2.94. The average Bonchev–Trinajstić information content (AvgIpc) is 2.69. The Morgan fingerprint density at radius 2 is 1.40 bits per heavy atom. The lowest BCUT2D eigenvalue weighted by Crippen LogP contribution is -2.56. The van der Waals surface area contributed by atoms with Crippen molar-refractivity contribution in [3.8, 4) is 0 Å². The van der Waals surface area contributed by atoms with E-state index in [1.54, 1.807) is 0 Å². The van der Waals surface area contributed by atoms with E-state index in [0.29, 0.717) is 17.9 Å². The molecule has 0 aromatic rings. The van der Waals surface area contributed by atoms with E-state index in [1.807, 2.05) is 12.5 Å². The molecule has 172 valence electrons. The van der Waals surface area contributed by atoms with Crippen molar-refractivity contribution in [2.24, 2.45) is 11.5 Å². The van der Waals surface area contributed by atoms with Crippen LogP contribution in [0.4, 0.5) is 0 Å². The molecule has 0 aromatic heterocycles. The first kappa shape index (κ1) is 28.0. The van der Waals surface area contributed by atoms with Crippen molar-refractivity contribution in [2.75, 3.05) is 30.6 Å². The molecule has 0 aliphatic rings. The van der Waals surface area contributed by atoms with Crippen molar-refractivity contribution in [1.29, 1.82) is 0 Å². The highest BCUT2D eigenvalue weighted by Gasteiger charge is 2.28. The number of thioether (sulfide) groups is 2. The molecule has 3 atom stereocenters.